The van der Waals surface area contributed by atoms with Gasteiger partial charge in [-0.25, -0.2) is 0 Å². The van der Waals surface area contributed by atoms with Crippen molar-refractivity contribution in [2.24, 2.45) is 0 Å². The maximum atomic E-state index is 12.0. The number of morpholine rings is 1. The van der Waals surface area contributed by atoms with E-state index in [9.17, 15) is 4.79 Å². The van der Waals surface area contributed by atoms with Gasteiger partial charge < -0.3 is 14.4 Å². The third-order valence-electron chi connectivity index (χ3n) is 4.44. The van der Waals surface area contributed by atoms with Gasteiger partial charge in [0.2, 0.25) is 0 Å². The highest BCUT2D eigenvalue weighted by Crippen LogP contribution is 2.22. The van der Waals surface area contributed by atoms with Gasteiger partial charge in [-0.15, -0.1) is 5.10 Å². The number of anilines is 1. The molecule has 0 unspecified atom stereocenters. The highest BCUT2D eigenvalue weighted by atomic mass is 16.6. The number of hydrogen-bond donors (Lipinski definition) is 0. The lowest BCUT2D eigenvalue weighted by Gasteiger charge is -2.37. The van der Waals surface area contributed by atoms with Crippen molar-refractivity contribution in [2.75, 3.05) is 37.7 Å². The van der Waals surface area contributed by atoms with Crippen molar-refractivity contribution in [3.8, 4) is 0 Å². The summed E-state index contributed by atoms with van der Waals surface area (Å²) in [7, 11) is 0. The number of hydrogen-bond acceptors (Lipinski definition) is 7. The summed E-state index contributed by atoms with van der Waals surface area (Å²) in [4.78, 5) is 16.3. The molecule has 7 heteroatoms. The molecular weight excluding hydrogens is 296 g/mol. The predicted octanol–water partition coefficient (Wildman–Crippen LogP) is 0.708. The number of carbonyl (C=O) groups is 1. The van der Waals surface area contributed by atoms with E-state index in [1.54, 1.807) is 6.20 Å². The minimum Gasteiger partial charge on any atom is -0.461 e. The van der Waals surface area contributed by atoms with Crippen LogP contribution in [0.15, 0.2) is 18.3 Å². The lowest BCUT2D eigenvalue weighted by molar-refractivity contribution is -0.146. The largest absolute Gasteiger partial charge is 0.461 e. The topological polar surface area (TPSA) is 67.8 Å². The zero-order valence-corrected chi connectivity index (χ0v) is 13.7. The first-order valence-corrected chi connectivity index (χ1v) is 8.26. The molecule has 0 amide bonds. The third-order valence-corrected chi connectivity index (χ3v) is 4.44. The molecule has 0 N–H and O–H groups in total. The van der Waals surface area contributed by atoms with E-state index < -0.39 is 0 Å². The molecule has 1 aromatic heterocycles. The Morgan fingerprint density at radius 2 is 2.35 bits per heavy atom. The highest BCUT2D eigenvalue weighted by molar-refractivity contribution is 5.78. The van der Waals surface area contributed by atoms with E-state index in [1.165, 1.54) is 0 Å². The zero-order chi connectivity index (χ0) is 16.2. The Morgan fingerprint density at radius 3 is 3.00 bits per heavy atom. The lowest BCUT2D eigenvalue weighted by Crippen LogP contribution is -2.52. The number of ether oxygens (including phenoxy) is 2. The molecule has 0 bridgehead atoms. The van der Waals surface area contributed by atoms with Crippen molar-refractivity contribution in [1.29, 1.82) is 0 Å². The summed E-state index contributed by atoms with van der Waals surface area (Å²) in [5, 5.41) is 8.11. The van der Waals surface area contributed by atoms with Gasteiger partial charge in [-0.3, -0.25) is 9.69 Å². The van der Waals surface area contributed by atoms with Gasteiger partial charge in [-0.05, 0) is 26.0 Å². The molecular formula is C16H24N4O3. The SMILES string of the molecule is CCN(C[C@@H]1CN([C@H]2C[C@@H](C)OC2=O)CCO1)c1cccnn1. The summed E-state index contributed by atoms with van der Waals surface area (Å²) in [5.74, 6) is 0.754. The van der Waals surface area contributed by atoms with E-state index in [0.29, 0.717) is 6.61 Å². The molecule has 7 nitrogen and oxygen atoms in total. The summed E-state index contributed by atoms with van der Waals surface area (Å²) < 4.78 is 11.2. The molecule has 1 aromatic rings. The molecule has 0 aliphatic carbocycles. The summed E-state index contributed by atoms with van der Waals surface area (Å²) >= 11 is 0. The van der Waals surface area contributed by atoms with Crippen molar-refractivity contribution in [2.45, 2.75) is 38.5 Å². The van der Waals surface area contributed by atoms with Gasteiger partial charge in [-0.1, -0.05) is 0 Å². The molecule has 0 aromatic carbocycles. The molecule has 2 saturated heterocycles. The number of carbonyl (C=O) groups excluding carboxylic acids is 1. The third kappa shape index (κ3) is 3.79. The normalized spacial score (nSPS) is 28.6. The Kier molecular flexibility index (Phi) is 5.07. The van der Waals surface area contributed by atoms with Gasteiger partial charge in [0.1, 0.15) is 12.1 Å². The van der Waals surface area contributed by atoms with Gasteiger partial charge in [0.05, 0.1) is 12.7 Å². The van der Waals surface area contributed by atoms with Crippen molar-refractivity contribution >= 4 is 11.8 Å². The minimum absolute atomic E-state index is 0.0144. The van der Waals surface area contributed by atoms with E-state index in [4.69, 9.17) is 9.47 Å². The van der Waals surface area contributed by atoms with Crippen LogP contribution in [0.3, 0.4) is 0 Å². The number of esters is 1. The van der Waals surface area contributed by atoms with E-state index in [2.05, 4.69) is 26.9 Å². The van der Waals surface area contributed by atoms with Crippen LogP contribution in [0.25, 0.3) is 0 Å². The quantitative estimate of drug-likeness (QED) is 0.740. The van der Waals surface area contributed by atoms with Crippen molar-refractivity contribution < 1.29 is 14.3 Å². The molecule has 126 valence electrons. The maximum absolute atomic E-state index is 12.0. The number of cyclic esters (lactones) is 1. The zero-order valence-electron chi connectivity index (χ0n) is 13.7. The lowest BCUT2D eigenvalue weighted by atomic mass is 10.1. The Balaban J connectivity index is 1.61. The summed E-state index contributed by atoms with van der Waals surface area (Å²) in [6.45, 7) is 7.77. The molecule has 0 radical (unpaired) electrons. The van der Waals surface area contributed by atoms with Gasteiger partial charge in [0, 0.05) is 38.8 Å². The van der Waals surface area contributed by atoms with Crippen LogP contribution >= 0.6 is 0 Å². The van der Waals surface area contributed by atoms with E-state index >= 15 is 0 Å². The molecule has 3 heterocycles. The van der Waals surface area contributed by atoms with Crippen molar-refractivity contribution in [3.63, 3.8) is 0 Å². The van der Waals surface area contributed by atoms with Gasteiger partial charge in [0.25, 0.3) is 0 Å². The molecule has 2 aliphatic rings. The molecule has 0 spiro atoms. The molecule has 23 heavy (non-hydrogen) atoms. The molecule has 0 saturated carbocycles. The van der Waals surface area contributed by atoms with Crippen LogP contribution in [0.2, 0.25) is 0 Å². The van der Waals surface area contributed by atoms with Crippen molar-refractivity contribution in [1.82, 2.24) is 15.1 Å². The maximum Gasteiger partial charge on any atom is 0.323 e. The van der Waals surface area contributed by atoms with Gasteiger partial charge >= 0.3 is 5.97 Å². The second kappa shape index (κ2) is 7.23. The van der Waals surface area contributed by atoms with Gasteiger partial charge in [-0.2, -0.15) is 5.10 Å². The predicted molar refractivity (Wildman–Crippen MR) is 85.2 cm³/mol. The minimum atomic E-state index is -0.122. The number of nitrogens with zero attached hydrogens (tertiary/aromatic N) is 4. The van der Waals surface area contributed by atoms with Crippen LogP contribution < -0.4 is 4.90 Å². The van der Waals surface area contributed by atoms with Crippen LogP contribution in [-0.2, 0) is 14.3 Å². The fourth-order valence-corrected chi connectivity index (χ4v) is 3.26. The Bertz CT molecular complexity index is 527. The second-order valence-corrected chi connectivity index (χ2v) is 6.11. The van der Waals surface area contributed by atoms with E-state index in [-0.39, 0.29) is 24.2 Å². The Morgan fingerprint density at radius 1 is 1.48 bits per heavy atom. The number of rotatable bonds is 5. The first kappa shape index (κ1) is 16.1. The first-order chi connectivity index (χ1) is 11.2. The average molecular weight is 320 g/mol. The van der Waals surface area contributed by atoms with E-state index in [0.717, 1.165) is 38.4 Å². The van der Waals surface area contributed by atoms with Crippen LogP contribution in [0.1, 0.15) is 20.3 Å². The monoisotopic (exact) mass is 320 g/mol. The summed E-state index contributed by atoms with van der Waals surface area (Å²) in [6.07, 6.45) is 2.51. The fourth-order valence-electron chi connectivity index (χ4n) is 3.26. The van der Waals surface area contributed by atoms with Crippen LogP contribution in [0.5, 0.6) is 0 Å². The summed E-state index contributed by atoms with van der Waals surface area (Å²) in [5.41, 5.74) is 0. The van der Waals surface area contributed by atoms with Gasteiger partial charge in [0.15, 0.2) is 5.82 Å². The fraction of sp³-hybridized carbons (Fsp3) is 0.688. The Labute approximate surface area is 136 Å². The first-order valence-electron chi connectivity index (χ1n) is 8.26. The molecule has 3 rings (SSSR count). The number of aromatic nitrogens is 2. The van der Waals surface area contributed by atoms with Crippen molar-refractivity contribution in [3.05, 3.63) is 18.3 Å². The average Bonchev–Trinajstić information content (AvgIpc) is 2.92. The molecule has 2 fully saturated rings. The Hall–Kier alpha value is -1.73. The second-order valence-electron chi connectivity index (χ2n) is 6.11. The van der Waals surface area contributed by atoms with E-state index in [1.807, 2.05) is 19.1 Å². The standard InChI is InChI=1S/C16H24N4O3/c1-3-19(15-5-4-6-17-18-15)10-13-11-20(7-8-22-13)14-9-12(2)23-16(14)21/h4-6,12-14H,3,7-11H2,1-2H3/t12-,13-,14+/m1/s1. The molecule has 3 atom stereocenters. The number of likely N-dealkylation sites (N-methyl/N-ethyl adjacent to an activating group) is 1. The van der Waals surface area contributed by atoms with Crippen LogP contribution in [0.4, 0.5) is 5.82 Å². The van der Waals surface area contributed by atoms with Crippen LogP contribution in [0, 0.1) is 0 Å². The smallest absolute Gasteiger partial charge is 0.323 e. The molecule has 2 aliphatic heterocycles. The summed E-state index contributed by atoms with van der Waals surface area (Å²) in [6, 6.07) is 3.71. The van der Waals surface area contributed by atoms with Crippen LogP contribution in [-0.4, -0.2) is 72.1 Å². The highest BCUT2D eigenvalue weighted by Gasteiger charge is 2.38.